The largest absolute Gasteiger partial charge is 0.330 e. The van der Waals surface area contributed by atoms with E-state index >= 15 is 0 Å². The van der Waals surface area contributed by atoms with Gasteiger partial charge in [0.1, 0.15) is 5.78 Å². The SMILES string of the molecule is CNC(CSO)C(C)=O. The maximum absolute atomic E-state index is 10.6. The monoisotopic (exact) mass is 149 g/mol. The molecule has 0 amide bonds. The summed E-state index contributed by atoms with van der Waals surface area (Å²) in [5, 5.41) is 2.77. The summed E-state index contributed by atoms with van der Waals surface area (Å²) >= 11 is 0.679. The van der Waals surface area contributed by atoms with Crippen LogP contribution in [-0.2, 0) is 4.79 Å². The first-order chi connectivity index (χ1) is 4.22. The Labute approximate surface area is 59.0 Å². The lowest BCUT2D eigenvalue weighted by atomic mass is 10.2. The number of ketones is 1. The van der Waals surface area contributed by atoms with Crippen LogP contribution in [-0.4, -0.2) is 29.2 Å². The maximum Gasteiger partial charge on any atom is 0.147 e. The maximum atomic E-state index is 10.6. The molecule has 0 saturated heterocycles. The molecule has 0 aromatic carbocycles. The van der Waals surface area contributed by atoms with Crippen molar-refractivity contribution in [1.82, 2.24) is 5.32 Å². The molecule has 9 heavy (non-hydrogen) atoms. The van der Waals surface area contributed by atoms with Crippen molar-refractivity contribution in [3.63, 3.8) is 0 Å². The lowest BCUT2D eigenvalue weighted by molar-refractivity contribution is -0.118. The fourth-order valence-corrected chi connectivity index (χ4v) is 1.03. The number of nitrogens with one attached hydrogen (secondary N) is 1. The van der Waals surface area contributed by atoms with E-state index in [1.54, 1.807) is 7.05 Å². The molecule has 3 nitrogen and oxygen atoms in total. The zero-order valence-electron chi connectivity index (χ0n) is 5.55. The Hall–Kier alpha value is -0.0600. The molecule has 0 bridgehead atoms. The molecule has 0 radical (unpaired) electrons. The Morgan fingerprint density at radius 1 is 1.89 bits per heavy atom. The first-order valence-electron chi connectivity index (χ1n) is 2.66. The molecular formula is C5H11NO2S. The highest BCUT2D eigenvalue weighted by Crippen LogP contribution is 1.96. The summed E-state index contributed by atoms with van der Waals surface area (Å²) in [6.45, 7) is 1.50. The number of hydrogen-bond donors (Lipinski definition) is 2. The summed E-state index contributed by atoms with van der Waals surface area (Å²) in [7, 11) is 1.70. The Kier molecular flexibility index (Phi) is 4.75. The molecule has 0 rings (SSSR count). The molecule has 0 aliphatic carbocycles. The zero-order chi connectivity index (χ0) is 7.28. The van der Waals surface area contributed by atoms with Gasteiger partial charge in [-0.1, -0.05) is 0 Å². The Morgan fingerprint density at radius 3 is 2.56 bits per heavy atom. The van der Waals surface area contributed by atoms with Gasteiger partial charge in [0.15, 0.2) is 0 Å². The van der Waals surface area contributed by atoms with E-state index in [1.165, 1.54) is 6.92 Å². The van der Waals surface area contributed by atoms with Crippen LogP contribution in [0.25, 0.3) is 0 Å². The van der Waals surface area contributed by atoms with Gasteiger partial charge >= 0.3 is 0 Å². The van der Waals surface area contributed by atoms with Gasteiger partial charge in [-0.05, 0) is 26.0 Å². The van der Waals surface area contributed by atoms with Crippen LogP contribution in [0.1, 0.15) is 6.92 Å². The van der Waals surface area contributed by atoms with Crippen LogP contribution in [0.5, 0.6) is 0 Å². The molecule has 0 aromatic heterocycles. The fourth-order valence-electron chi connectivity index (χ4n) is 0.478. The molecule has 0 heterocycles. The minimum atomic E-state index is -0.208. The van der Waals surface area contributed by atoms with E-state index in [1.807, 2.05) is 0 Å². The second kappa shape index (κ2) is 4.78. The van der Waals surface area contributed by atoms with E-state index in [9.17, 15) is 4.79 Å². The van der Waals surface area contributed by atoms with Crippen molar-refractivity contribution in [3.05, 3.63) is 0 Å². The minimum absolute atomic E-state index is 0.0547. The van der Waals surface area contributed by atoms with Gasteiger partial charge in [0.25, 0.3) is 0 Å². The number of Topliss-reactive ketones (excluding diaryl/α,β-unsaturated/α-hetero) is 1. The number of carbonyl (C=O) groups excluding carboxylic acids is 1. The molecule has 0 aromatic rings. The van der Waals surface area contributed by atoms with Crippen molar-refractivity contribution in [3.8, 4) is 0 Å². The standard InChI is InChI=1S/C5H11NO2S/c1-4(7)5(6-2)3-9-8/h5-6,8H,3H2,1-2H3. The van der Waals surface area contributed by atoms with Crippen LogP contribution in [0, 0.1) is 0 Å². The van der Waals surface area contributed by atoms with Crippen LogP contribution in [0.15, 0.2) is 0 Å². The highest BCUT2D eigenvalue weighted by Gasteiger charge is 2.09. The number of likely N-dealkylation sites (N-methyl/N-ethyl adjacent to an activating group) is 1. The summed E-state index contributed by atoms with van der Waals surface area (Å²) in [5.74, 6) is 0.477. The predicted molar refractivity (Wildman–Crippen MR) is 38.6 cm³/mol. The smallest absolute Gasteiger partial charge is 0.147 e. The van der Waals surface area contributed by atoms with Gasteiger partial charge in [-0.15, -0.1) is 0 Å². The van der Waals surface area contributed by atoms with Crippen LogP contribution >= 0.6 is 12.0 Å². The predicted octanol–water partition coefficient (Wildman–Crippen LogP) is 0.370. The van der Waals surface area contributed by atoms with Crippen LogP contribution in [0.2, 0.25) is 0 Å². The summed E-state index contributed by atoms with van der Waals surface area (Å²) in [5.41, 5.74) is 0. The summed E-state index contributed by atoms with van der Waals surface area (Å²) in [6, 6.07) is -0.208. The molecule has 0 spiro atoms. The second-order valence-electron chi connectivity index (χ2n) is 1.75. The van der Waals surface area contributed by atoms with Crippen molar-refractivity contribution < 1.29 is 9.35 Å². The van der Waals surface area contributed by atoms with Gasteiger partial charge < -0.3 is 9.87 Å². The molecule has 4 heteroatoms. The average molecular weight is 149 g/mol. The molecule has 0 aliphatic heterocycles. The highest BCUT2D eigenvalue weighted by molar-refractivity contribution is 7.93. The third-order valence-corrected chi connectivity index (χ3v) is 1.56. The Morgan fingerprint density at radius 2 is 2.44 bits per heavy atom. The topological polar surface area (TPSA) is 49.3 Å². The number of hydrogen-bond acceptors (Lipinski definition) is 4. The van der Waals surface area contributed by atoms with Gasteiger partial charge in [-0.3, -0.25) is 4.79 Å². The van der Waals surface area contributed by atoms with Gasteiger partial charge in [-0.25, -0.2) is 0 Å². The van der Waals surface area contributed by atoms with Crippen LogP contribution < -0.4 is 5.32 Å². The molecule has 54 valence electrons. The fraction of sp³-hybridized carbons (Fsp3) is 0.800. The average Bonchev–Trinajstić information content (AvgIpc) is 1.82. The zero-order valence-corrected chi connectivity index (χ0v) is 6.36. The van der Waals surface area contributed by atoms with Gasteiger partial charge in [0, 0.05) is 5.75 Å². The van der Waals surface area contributed by atoms with E-state index in [0.29, 0.717) is 17.8 Å². The first kappa shape index (κ1) is 8.94. The minimum Gasteiger partial charge on any atom is -0.330 e. The van der Waals surface area contributed by atoms with Crippen LogP contribution in [0.4, 0.5) is 0 Å². The van der Waals surface area contributed by atoms with Crippen molar-refractivity contribution in [2.75, 3.05) is 12.8 Å². The third-order valence-electron chi connectivity index (χ3n) is 1.08. The Bertz CT molecular complexity index is 97.0. The number of carbonyl (C=O) groups is 1. The van der Waals surface area contributed by atoms with E-state index in [2.05, 4.69) is 5.32 Å². The highest BCUT2D eigenvalue weighted by atomic mass is 32.2. The molecule has 1 atom stereocenters. The van der Waals surface area contributed by atoms with E-state index in [4.69, 9.17) is 4.55 Å². The summed E-state index contributed by atoms with van der Waals surface area (Å²) in [6.07, 6.45) is 0. The molecule has 0 fully saturated rings. The molecule has 0 aliphatic rings. The number of rotatable bonds is 4. The molecule has 0 saturated carbocycles. The normalized spacial score (nSPS) is 13.2. The van der Waals surface area contributed by atoms with Crippen molar-refractivity contribution in [2.24, 2.45) is 0 Å². The quantitative estimate of drug-likeness (QED) is 0.567. The van der Waals surface area contributed by atoms with Crippen LogP contribution in [0.3, 0.4) is 0 Å². The molecule has 1 unspecified atom stereocenters. The first-order valence-corrected chi connectivity index (χ1v) is 3.60. The van der Waals surface area contributed by atoms with Crippen molar-refractivity contribution >= 4 is 17.8 Å². The van der Waals surface area contributed by atoms with Crippen molar-refractivity contribution in [2.45, 2.75) is 13.0 Å². The lowest BCUT2D eigenvalue weighted by Crippen LogP contribution is -2.34. The van der Waals surface area contributed by atoms with Gasteiger partial charge in [0.05, 0.1) is 6.04 Å². The van der Waals surface area contributed by atoms with E-state index < -0.39 is 0 Å². The van der Waals surface area contributed by atoms with Gasteiger partial charge in [0.2, 0.25) is 0 Å². The summed E-state index contributed by atoms with van der Waals surface area (Å²) in [4.78, 5) is 10.6. The van der Waals surface area contributed by atoms with E-state index in [0.717, 1.165) is 0 Å². The Balaban J connectivity index is 3.54. The lowest BCUT2D eigenvalue weighted by Gasteiger charge is -2.08. The second-order valence-corrected chi connectivity index (χ2v) is 2.34. The third kappa shape index (κ3) is 3.51. The molecular weight excluding hydrogens is 138 g/mol. The summed E-state index contributed by atoms with van der Waals surface area (Å²) < 4.78 is 8.34. The van der Waals surface area contributed by atoms with Crippen molar-refractivity contribution in [1.29, 1.82) is 0 Å². The van der Waals surface area contributed by atoms with Gasteiger partial charge in [-0.2, -0.15) is 0 Å². The molecule has 2 N–H and O–H groups in total. The van der Waals surface area contributed by atoms with E-state index in [-0.39, 0.29) is 11.8 Å².